The molecular weight excluding hydrogens is 316 g/mol. The molecule has 2 aliphatic rings. The molecule has 0 aromatic heterocycles. The van der Waals surface area contributed by atoms with Crippen molar-refractivity contribution in [2.24, 2.45) is 5.73 Å². The third kappa shape index (κ3) is 4.72. The summed E-state index contributed by atoms with van der Waals surface area (Å²) in [6.45, 7) is 4.03. The van der Waals surface area contributed by atoms with Gasteiger partial charge in [-0.25, -0.2) is 0 Å². The number of carbonyl (C=O) groups is 2. The van der Waals surface area contributed by atoms with E-state index in [1.807, 2.05) is 4.90 Å². The van der Waals surface area contributed by atoms with Gasteiger partial charge in [-0.3, -0.25) is 14.5 Å². The van der Waals surface area contributed by atoms with Crippen LogP contribution in [0.5, 0.6) is 0 Å². The summed E-state index contributed by atoms with van der Waals surface area (Å²) in [5.74, 6) is -0.314. The van der Waals surface area contributed by atoms with Gasteiger partial charge in [-0.2, -0.15) is 0 Å². The molecule has 0 spiro atoms. The first-order chi connectivity index (χ1) is 12.1. The number of hydrogen-bond donors (Lipinski definition) is 2. The summed E-state index contributed by atoms with van der Waals surface area (Å²) < 4.78 is 0. The lowest BCUT2D eigenvalue weighted by Gasteiger charge is -2.27. The summed E-state index contributed by atoms with van der Waals surface area (Å²) in [5, 5.41) is 3.14. The Balaban J connectivity index is 1.47. The Morgan fingerprint density at radius 2 is 1.72 bits per heavy atom. The number of nitrogens with zero attached hydrogens (tertiary/aromatic N) is 2. The summed E-state index contributed by atoms with van der Waals surface area (Å²) in [6, 6.07) is 7.62. The molecule has 3 rings (SSSR count). The van der Waals surface area contributed by atoms with E-state index < -0.39 is 5.91 Å². The van der Waals surface area contributed by atoms with Gasteiger partial charge < -0.3 is 16.0 Å². The summed E-state index contributed by atoms with van der Waals surface area (Å²) in [4.78, 5) is 28.1. The largest absolute Gasteiger partial charge is 0.376 e. The van der Waals surface area contributed by atoms with Crippen molar-refractivity contribution in [1.29, 1.82) is 0 Å². The van der Waals surface area contributed by atoms with Gasteiger partial charge in [0.15, 0.2) is 0 Å². The maximum absolute atomic E-state index is 12.5. The highest BCUT2D eigenvalue weighted by molar-refractivity contribution is 5.93. The number of nitrogens with one attached hydrogen (secondary N) is 1. The number of primary amides is 1. The summed E-state index contributed by atoms with van der Waals surface area (Å²) in [7, 11) is 0. The summed E-state index contributed by atoms with van der Waals surface area (Å²) in [6.07, 6.45) is 6.38. The van der Waals surface area contributed by atoms with Crippen molar-refractivity contribution in [2.45, 2.75) is 38.1 Å². The van der Waals surface area contributed by atoms with Crippen molar-refractivity contribution in [2.75, 3.05) is 38.0 Å². The van der Waals surface area contributed by atoms with Crippen molar-refractivity contribution in [3.05, 3.63) is 29.8 Å². The van der Waals surface area contributed by atoms with Gasteiger partial charge in [-0.05, 0) is 43.5 Å². The predicted octanol–water partition coefficient (Wildman–Crippen LogP) is 1.67. The number of carbonyl (C=O) groups excluding carboxylic acids is 2. The average Bonchev–Trinajstić information content (AvgIpc) is 3.04. The normalized spacial score (nSPS) is 19.6. The molecule has 0 atom stereocenters. The van der Waals surface area contributed by atoms with E-state index in [4.69, 9.17) is 5.73 Å². The molecule has 136 valence electrons. The van der Waals surface area contributed by atoms with Crippen molar-refractivity contribution in [1.82, 2.24) is 9.80 Å². The van der Waals surface area contributed by atoms with Gasteiger partial charge in [-0.15, -0.1) is 0 Å². The van der Waals surface area contributed by atoms with Crippen molar-refractivity contribution in [3.63, 3.8) is 0 Å². The molecule has 1 aromatic carbocycles. The second-order valence-corrected chi connectivity index (χ2v) is 7.00. The first-order valence-electron chi connectivity index (χ1n) is 9.29. The molecule has 3 N–H and O–H groups in total. The molecule has 0 radical (unpaired) electrons. The van der Waals surface area contributed by atoms with Crippen LogP contribution in [0.15, 0.2) is 24.3 Å². The van der Waals surface area contributed by atoms with Crippen molar-refractivity contribution in [3.8, 4) is 0 Å². The Kier molecular flexibility index (Phi) is 5.91. The Labute approximate surface area is 149 Å². The van der Waals surface area contributed by atoms with Gasteiger partial charge in [0.25, 0.3) is 0 Å². The molecule has 1 heterocycles. The van der Waals surface area contributed by atoms with Crippen LogP contribution in [0.4, 0.5) is 5.69 Å². The van der Waals surface area contributed by atoms with E-state index in [1.165, 1.54) is 25.7 Å². The maximum atomic E-state index is 12.5. The first-order valence-corrected chi connectivity index (χ1v) is 9.29. The lowest BCUT2D eigenvalue weighted by Crippen LogP contribution is -2.40. The van der Waals surface area contributed by atoms with Crippen LogP contribution in [0.1, 0.15) is 42.5 Å². The van der Waals surface area contributed by atoms with Crippen molar-refractivity contribution < 1.29 is 9.59 Å². The highest BCUT2D eigenvalue weighted by Crippen LogP contribution is 2.24. The zero-order valence-corrected chi connectivity index (χ0v) is 14.7. The highest BCUT2D eigenvalue weighted by atomic mass is 16.2. The molecule has 1 aliphatic carbocycles. The quantitative estimate of drug-likeness (QED) is 0.852. The van der Waals surface area contributed by atoms with E-state index in [-0.39, 0.29) is 12.5 Å². The van der Waals surface area contributed by atoms with Crippen LogP contribution >= 0.6 is 0 Å². The van der Waals surface area contributed by atoms with Crippen LogP contribution < -0.4 is 11.1 Å². The standard InChI is InChI=1S/C19H28N4O2/c20-19(25)15-6-8-16(9-7-15)21-14-18(24)23-11-3-10-22(12-13-23)17-4-1-2-5-17/h6-9,17,21H,1-5,10-14H2,(H2,20,25). The molecule has 1 saturated carbocycles. The minimum Gasteiger partial charge on any atom is -0.376 e. The van der Waals surface area contributed by atoms with Crippen molar-refractivity contribution >= 4 is 17.5 Å². The Morgan fingerprint density at radius 3 is 2.40 bits per heavy atom. The molecule has 2 amide bonds. The van der Waals surface area contributed by atoms with Gasteiger partial charge in [0, 0.05) is 43.5 Å². The van der Waals surface area contributed by atoms with Gasteiger partial charge in [-0.1, -0.05) is 12.8 Å². The second kappa shape index (κ2) is 8.34. The van der Waals surface area contributed by atoms with Crippen LogP contribution in [0.2, 0.25) is 0 Å². The van der Waals surface area contributed by atoms with E-state index in [1.54, 1.807) is 24.3 Å². The van der Waals surface area contributed by atoms with Gasteiger partial charge in [0.2, 0.25) is 11.8 Å². The molecule has 2 fully saturated rings. The summed E-state index contributed by atoms with van der Waals surface area (Å²) >= 11 is 0. The predicted molar refractivity (Wildman–Crippen MR) is 98.5 cm³/mol. The lowest BCUT2D eigenvalue weighted by atomic mass is 10.2. The number of amides is 2. The fraction of sp³-hybridized carbons (Fsp3) is 0.579. The first kappa shape index (κ1) is 17.7. The van der Waals surface area contributed by atoms with E-state index in [2.05, 4.69) is 10.2 Å². The fourth-order valence-electron chi connectivity index (χ4n) is 3.86. The van der Waals surface area contributed by atoms with Gasteiger partial charge >= 0.3 is 0 Å². The smallest absolute Gasteiger partial charge is 0.248 e. The Morgan fingerprint density at radius 1 is 1.00 bits per heavy atom. The molecule has 6 nitrogen and oxygen atoms in total. The topological polar surface area (TPSA) is 78.7 Å². The number of hydrogen-bond acceptors (Lipinski definition) is 4. The van der Waals surface area contributed by atoms with Gasteiger partial charge in [0.1, 0.15) is 0 Å². The Hall–Kier alpha value is -2.08. The number of rotatable bonds is 5. The zero-order chi connectivity index (χ0) is 17.6. The van der Waals surface area contributed by atoms with Crippen LogP contribution in [-0.4, -0.2) is 60.4 Å². The molecule has 0 bridgehead atoms. The number of nitrogens with two attached hydrogens (primary N) is 1. The van der Waals surface area contributed by atoms with E-state index in [0.717, 1.165) is 44.3 Å². The SMILES string of the molecule is NC(=O)c1ccc(NCC(=O)N2CCCN(C3CCCC3)CC2)cc1. The zero-order valence-electron chi connectivity index (χ0n) is 14.7. The lowest BCUT2D eigenvalue weighted by molar-refractivity contribution is -0.129. The van der Waals surface area contributed by atoms with Crippen LogP contribution in [0, 0.1) is 0 Å². The van der Waals surface area contributed by atoms with Gasteiger partial charge in [0.05, 0.1) is 6.54 Å². The third-order valence-electron chi connectivity index (χ3n) is 5.34. The number of anilines is 1. The van der Waals surface area contributed by atoms with Crippen LogP contribution in [0.3, 0.4) is 0 Å². The molecule has 25 heavy (non-hydrogen) atoms. The minimum absolute atomic E-state index is 0.132. The fourth-order valence-corrected chi connectivity index (χ4v) is 3.86. The summed E-state index contributed by atoms with van der Waals surface area (Å²) in [5.41, 5.74) is 6.52. The third-order valence-corrected chi connectivity index (χ3v) is 5.34. The minimum atomic E-state index is -0.445. The number of benzene rings is 1. The molecule has 6 heteroatoms. The molecule has 1 saturated heterocycles. The maximum Gasteiger partial charge on any atom is 0.248 e. The second-order valence-electron chi connectivity index (χ2n) is 7.00. The molecular formula is C19H28N4O2. The Bertz CT molecular complexity index is 596. The molecule has 1 aliphatic heterocycles. The molecule has 1 aromatic rings. The van der Waals surface area contributed by atoms with Crippen LogP contribution in [0.25, 0.3) is 0 Å². The monoisotopic (exact) mass is 344 g/mol. The van der Waals surface area contributed by atoms with E-state index in [0.29, 0.717) is 5.56 Å². The highest BCUT2D eigenvalue weighted by Gasteiger charge is 2.25. The van der Waals surface area contributed by atoms with Crippen LogP contribution in [-0.2, 0) is 4.79 Å². The average molecular weight is 344 g/mol. The van der Waals surface area contributed by atoms with E-state index >= 15 is 0 Å². The molecule has 0 unspecified atom stereocenters. The van der Waals surface area contributed by atoms with E-state index in [9.17, 15) is 9.59 Å².